The van der Waals surface area contributed by atoms with Gasteiger partial charge in [0.1, 0.15) is 29.5 Å². The number of hydrogen-bond donors (Lipinski definition) is 2. The molecule has 9 nitrogen and oxygen atoms in total. The van der Waals surface area contributed by atoms with Crippen LogP contribution < -0.4 is 4.74 Å². The number of rotatable bonds is 5. The van der Waals surface area contributed by atoms with Crippen LogP contribution in [0.3, 0.4) is 0 Å². The lowest BCUT2D eigenvalue weighted by Gasteiger charge is -2.62. The topological polar surface area (TPSA) is 152 Å². The summed E-state index contributed by atoms with van der Waals surface area (Å²) in [6.45, 7) is 9.43. The molecule has 0 heterocycles. The fourth-order valence-electron chi connectivity index (χ4n) is 8.59. The lowest BCUT2D eigenvalue weighted by atomic mass is 9.39. The van der Waals surface area contributed by atoms with Gasteiger partial charge in [0.15, 0.2) is 28.7 Å². The summed E-state index contributed by atoms with van der Waals surface area (Å²) in [4.78, 5) is 80.6. The monoisotopic (exact) mass is 588 g/mol. The Bertz CT molecular complexity index is 1650. The molecule has 2 saturated carbocycles. The van der Waals surface area contributed by atoms with Gasteiger partial charge in [0.2, 0.25) is 0 Å². The molecule has 2 aromatic rings. The fraction of sp³-hybridized carbons (Fsp3) is 0.471. The van der Waals surface area contributed by atoms with E-state index in [-0.39, 0.29) is 24.2 Å². The molecular formula is C34H36O9. The molecule has 3 unspecified atom stereocenters. The van der Waals surface area contributed by atoms with Gasteiger partial charge in [-0.15, -0.1) is 0 Å². The first-order valence-corrected chi connectivity index (χ1v) is 14.4. The van der Waals surface area contributed by atoms with E-state index in [0.29, 0.717) is 39.9 Å². The van der Waals surface area contributed by atoms with Crippen LogP contribution in [0.2, 0.25) is 0 Å². The third kappa shape index (κ3) is 3.86. The SMILES string of the molecule is COc1ccc(C=O)cc1-c1cc(C)c(O)c2c1C[C@]1(C)C[C@]3(C)C(C(C)C)C(=O)C(C(C)=O)C(=O)[C@]3(O)C(=O)C1C2=O. The number of Topliss-reactive ketones (excluding diaryl/α,β-unsaturated/α-hetero) is 5. The van der Waals surface area contributed by atoms with Crippen LogP contribution in [-0.4, -0.2) is 58.1 Å². The molecule has 5 rings (SSSR count). The minimum absolute atomic E-state index is 0.0529. The second kappa shape index (κ2) is 9.77. The zero-order valence-electron chi connectivity index (χ0n) is 25.4. The van der Waals surface area contributed by atoms with Gasteiger partial charge in [-0.1, -0.05) is 27.7 Å². The Morgan fingerprint density at radius 1 is 1.07 bits per heavy atom. The lowest BCUT2D eigenvalue weighted by Crippen LogP contribution is -2.76. The molecule has 2 aromatic carbocycles. The van der Waals surface area contributed by atoms with E-state index in [9.17, 15) is 39.0 Å². The summed E-state index contributed by atoms with van der Waals surface area (Å²) >= 11 is 0. The van der Waals surface area contributed by atoms with Crippen LogP contribution in [-0.2, 0) is 25.6 Å². The smallest absolute Gasteiger partial charge is 0.190 e. The first-order valence-electron chi connectivity index (χ1n) is 14.4. The van der Waals surface area contributed by atoms with Crippen LogP contribution in [0.5, 0.6) is 11.5 Å². The van der Waals surface area contributed by atoms with E-state index in [4.69, 9.17) is 4.74 Å². The highest BCUT2D eigenvalue weighted by Crippen LogP contribution is 2.64. The molecule has 0 aromatic heterocycles. The van der Waals surface area contributed by atoms with E-state index in [1.165, 1.54) is 14.0 Å². The van der Waals surface area contributed by atoms with Gasteiger partial charge in [-0.25, -0.2) is 0 Å². The Kier molecular flexibility index (Phi) is 6.93. The number of aromatic hydroxyl groups is 1. The highest BCUT2D eigenvalue weighted by atomic mass is 16.5. The number of benzene rings is 2. The van der Waals surface area contributed by atoms with E-state index < -0.39 is 69.0 Å². The number of phenols is 1. The number of carbonyl (C=O) groups excluding carboxylic acids is 6. The number of aldehydes is 1. The van der Waals surface area contributed by atoms with E-state index in [1.807, 2.05) is 0 Å². The van der Waals surface area contributed by atoms with Crippen molar-refractivity contribution in [2.24, 2.45) is 34.5 Å². The van der Waals surface area contributed by atoms with Crippen LogP contribution in [0.15, 0.2) is 24.3 Å². The van der Waals surface area contributed by atoms with Crippen LogP contribution in [0.4, 0.5) is 0 Å². The van der Waals surface area contributed by atoms with Gasteiger partial charge in [-0.3, -0.25) is 28.8 Å². The molecule has 0 saturated heterocycles. The van der Waals surface area contributed by atoms with Crippen molar-refractivity contribution in [2.45, 2.75) is 60.0 Å². The Balaban J connectivity index is 1.79. The summed E-state index contributed by atoms with van der Waals surface area (Å²) < 4.78 is 5.58. The summed E-state index contributed by atoms with van der Waals surface area (Å²) in [5.74, 6) is -9.02. The second-order valence-electron chi connectivity index (χ2n) is 13.3. The predicted octanol–water partition coefficient (Wildman–Crippen LogP) is 3.89. The third-order valence-corrected chi connectivity index (χ3v) is 10.2. The van der Waals surface area contributed by atoms with Crippen LogP contribution in [0.1, 0.15) is 72.9 Å². The number of fused-ring (bicyclic) bond motifs is 3. The summed E-state index contributed by atoms with van der Waals surface area (Å²) in [6.07, 6.45) is 0.712. The van der Waals surface area contributed by atoms with E-state index in [0.717, 1.165) is 6.92 Å². The average molecular weight is 589 g/mol. The standard InChI is InChI=1S/C34H36O9/c1-15(2)25-28(38)23(17(4)36)30(40)34(42)31(41)26-29(39)24-21(12-32(26,5)14-33(25,34)6)19(10-16(3)27(24)37)20-11-18(13-35)8-9-22(20)43-7/h8-11,13,15,23,25-26,37,42H,12,14H2,1-7H3/t23?,25?,26?,32-,33-,34+/m1/s1. The zero-order valence-corrected chi connectivity index (χ0v) is 25.4. The van der Waals surface area contributed by atoms with E-state index in [2.05, 4.69) is 0 Å². The predicted molar refractivity (Wildman–Crippen MR) is 155 cm³/mol. The van der Waals surface area contributed by atoms with Gasteiger partial charge < -0.3 is 14.9 Å². The van der Waals surface area contributed by atoms with Gasteiger partial charge in [0, 0.05) is 22.5 Å². The number of phenolic OH excluding ortho intramolecular Hbond substituents is 1. The molecule has 9 heteroatoms. The molecule has 0 amide bonds. The normalized spacial score (nSPS) is 31.8. The third-order valence-electron chi connectivity index (χ3n) is 10.2. The largest absolute Gasteiger partial charge is 0.507 e. The van der Waals surface area contributed by atoms with Crippen molar-refractivity contribution < 1.29 is 43.7 Å². The lowest BCUT2D eigenvalue weighted by molar-refractivity contribution is -0.205. The summed E-state index contributed by atoms with van der Waals surface area (Å²) in [5.41, 5.74) is -3.45. The maximum Gasteiger partial charge on any atom is 0.190 e. The van der Waals surface area contributed by atoms with Crippen LogP contribution in [0, 0.1) is 41.4 Å². The highest BCUT2D eigenvalue weighted by molar-refractivity contribution is 6.32. The Hall–Kier alpha value is -3.98. The van der Waals surface area contributed by atoms with Gasteiger partial charge in [0.25, 0.3) is 0 Å². The molecule has 43 heavy (non-hydrogen) atoms. The van der Waals surface area contributed by atoms with Crippen LogP contribution >= 0.6 is 0 Å². The maximum atomic E-state index is 14.5. The van der Waals surface area contributed by atoms with Gasteiger partial charge in [0.05, 0.1) is 18.6 Å². The van der Waals surface area contributed by atoms with Crippen molar-refractivity contribution in [1.82, 2.24) is 0 Å². The Morgan fingerprint density at radius 3 is 2.28 bits per heavy atom. The fourth-order valence-corrected chi connectivity index (χ4v) is 8.59. The van der Waals surface area contributed by atoms with Crippen molar-refractivity contribution in [3.05, 3.63) is 46.5 Å². The van der Waals surface area contributed by atoms with Gasteiger partial charge in [-0.05, 0) is 79.0 Å². The Morgan fingerprint density at radius 2 is 1.72 bits per heavy atom. The van der Waals surface area contributed by atoms with Crippen molar-refractivity contribution >= 4 is 35.2 Å². The second-order valence-corrected chi connectivity index (χ2v) is 13.3. The molecule has 2 N–H and O–H groups in total. The molecule has 0 aliphatic heterocycles. The maximum absolute atomic E-state index is 14.5. The number of ketones is 5. The summed E-state index contributed by atoms with van der Waals surface area (Å²) in [7, 11) is 1.47. The average Bonchev–Trinajstić information content (AvgIpc) is 2.91. The van der Waals surface area contributed by atoms with Crippen molar-refractivity contribution in [2.75, 3.05) is 7.11 Å². The minimum atomic E-state index is -2.76. The molecule has 0 bridgehead atoms. The molecule has 0 radical (unpaired) electrons. The Labute approximate surface area is 249 Å². The number of methoxy groups -OCH3 is 1. The molecular weight excluding hydrogens is 552 g/mol. The van der Waals surface area contributed by atoms with Gasteiger partial charge in [-0.2, -0.15) is 0 Å². The van der Waals surface area contributed by atoms with Crippen molar-refractivity contribution in [3.8, 4) is 22.6 Å². The van der Waals surface area contributed by atoms with E-state index in [1.54, 1.807) is 52.0 Å². The number of hydrogen-bond acceptors (Lipinski definition) is 9. The zero-order chi connectivity index (χ0) is 32.0. The van der Waals surface area contributed by atoms with Crippen molar-refractivity contribution in [3.63, 3.8) is 0 Å². The quantitative estimate of drug-likeness (QED) is 0.391. The number of aryl methyl sites for hydroxylation is 1. The molecule has 2 fully saturated rings. The number of aliphatic hydroxyl groups is 1. The van der Waals surface area contributed by atoms with E-state index >= 15 is 0 Å². The minimum Gasteiger partial charge on any atom is -0.507 e. The first-order chi connectivity index (χ1) is 20.0. The molecule has 3 aliphatic carbocycles. The highest BCUT2D eigenvalue weighted by Gasteiger charge is 2.76. The molecule has 0 spiro atoms. The number of ether oxygens (including phenoxy) is 1. The number of carbonyl (C=O) groups is 6. The van der Waals surface area contributed by atoms with Crippen molar-refractivity contribution in [1.29, 1.82) is 0 Å². The van der Waals surface area contributed by atoms with Gasteiger partial charge >= 0.3 is 0 Å². The summed E-state index contributed by atoms with van der Waals surface area (Å²) in [6, 6.07) is 6.54. The molecule has 6 atom stereocenters. The first kappa shape index (κ1) is 30.5. The molecule has 3 aliphatic rings. The summed E-state index contributed by atoms with van der Waals surface area (Å²) in [5, 5.41) is 23.4. The molecule has 226 valence electrons. The van der Waals surface area contributed by atoms with Crippen LogP contribution in [0.25, 0.3) is 11.1 Å².